The minimum Gasteiger partial charge on any atom is -0.490 e. The van der Waals surface area contributed by atoms with Crippen molar-refractivity contribution >= 4 is 27.3 Å². The highest BCUT2D eigenvalue weighted by Crippen LogP contribution is 2.36. The van der Waals surface area contributed by atoms with E-state index in [-0.39, 0.29) is 46.3 Å². The van der Waals surface area contributed by atoms with Crippen LogP contribution < -0.4 is 19.8 Å². The molecule has 1 aliphatic rings. The summed E-state index contributed by atoms with van der Waals surface area (Å²) >= 11 is 0. The SMILES string of the molecule is Cn1ccc(=O)cc1C(=O)Nc1ccc2c(c1)S(=O)(=O)N(c1ccc(C(F)(F)F)cc1)CCO2. The van der Waals surface area contributed by atoms with Crippen molar-refractivity contribution in [3.8, 4) is 5.75 Å². The largest absolute Gasteiger partial charge is 0.490 e. The van der Waals surface area contributed by atoms with Crippen molar-refractivity contribution in [2.45, 2.75) is 11.1 Å². The van der Waals surface area contributed by atoms with E-state index in [9.17, 15) is 31.2 Å². The van der Waals surface area contributed by atoms with Gasteiger partial charge in [-0.3, -0.25) is 13.9 Å². The zero-order valence-corrected chi connectivity index (χ0v) is 18.5. The number of amides is 1. The smallest absolute Gasteiger partial charge is 0.416 e. The number of hydrogen-bond donors (Lipinski definition) is 1. The third-order valence-corrected chi connectivity index (χ3v) is 7.01. The average molecular weight is 493 g/mol. The molecule has 0 saturated heterocycles. The van der Waals surface area contributed by atoms with Crippen LogP contribution in [0.1, 0.15) is 16.1 Å². The maximum atomic E-state index is 13.4. The average Bonchev–Trinajstić information content (AvgIpc) is 2.90. The first-order valence-corrected chi connectivity index (χ1v) is 11.4. The molecule has 1 amide bonds. The van der Waals surface area contributed by atoms with Crippen LogP contribution in [-0.4, -0.2) is 32.0 Å². The second-order valence-corrected chi connectivity index (χ2v) is 9.28. The molecule has 0 atom stereocenters. The molecule has 178 valence electrons. The van der Waals surface area contributed by atoms with Crippen LogP contribution in [0, 0.1) is 0 Å². The monoisotopic (exact) mass is 493 g/mol. The van der Waals surface area contributed by atoms with E-state index in [4.69, 9.17) is 4.74 Å². The summed E-state index contributed by atoms with van der Waals surface area (Å²) < 4.78 is 73.3. The number of rotatable bonds is 3. The van der Waals surface area contributed by atoms with Crippen LogP contribution >= 0.6 is 0 Å². The van der Waals surface area contributed by atoms with Crippen LogP contribution in [0.4, 0.5) is 24.5 Å². The Morgan fingerprint density at radius 2 is 1.76 bits per heavy atom. The summed E-state index contributed by atoms with van der Waals surface area (Å²) in [6, 6.07) is 10.2. The van der Waals surface area contributed by atoms with E-state index < -0.39 is 27.7 Å². The van der Waals surface area contributed by atoms with Crippen molar-refractivity contribution in [1.82, 2.24) is 4.57 Å². The highest BCUT2D eigenvalue weighted by molar-refractivity contribution is 7.93. The number of ether oxygens (including phenoxy) is 1. The zero-order valence-electron chi connectivity index (χ0n) is 17.7. The number of nitrogens with zero attached hydrogens (tertiary/aromatic N) is 2. The first-order chi connectivity index (χ1) is 16.0. The number of hydrogen-bond acceptors (Lipinski definition) is 5. The molecule has 0 fully saturated rings. The number of alkyl halides is 3. The zero-order chi connectivity index (χ0) is 24.7. The lowest BCUT2D eigenvalue weighted by Gasteiger charge is -2.22. The van der Waals surface area contributed by atoms with Crippen LogP contribution in [-0.2, 0) is 23.2 Å². The fraction of sp³-hybridized carbons (Fsp3) is 0.182. The maximum Gasteiger partial charge on any atom is 0.416 e. The van der Waals surface area contributed by atoms with Gasteiger partial charge in [-0.25, -0.2) is 8.42 Å². The van der Waals surface area contributed by atoms with Gasteiger partial charge in [-0.05, 0) is 42.5 Å². The highest BCUT2D eigenvalue weighted by Gasteiger charge is 2.34. The van der Waals surface area contributed by atoms with Crippen molar-refractivity contribution in [2.75, 3.05) is 22.8 Å². The molecule has 0 saturated carbocycles. The second-order valence-electron chi connectivity index (χ2n) is 7.44. The number of carbonyl (C=O) groups excluding carboxylic acids is 1. The molecule has 2 heterocycles. The summed E-state index contributed by atoms with van der Waals surface area (Å²) in [6.07, 6.45) is -3.13. The second kappa shape index (κ2) is 8.52. The van der Waals surface area contributed by atoms with Crippen LogP contribution in [0.15, 0.2) is 70.5 Å². The summed E-state index contributed by atoms with van der Waals surface area (Å²) in [5, 5.41) is 2.55. The minimum atomic E-state index is -4.55. The van der Waals surface area contributed by atoms with E-state index in [2.05, 4.69) is 5.32 Å². The molecule has 4 rings (SSSR count). The number of aryl methyl sites for hydroxylation is 1. The van der Waals surface area contributed by atoms with Crippen molar-refractivity contribution < 1.29 is 31.1 Å². The first kappa shape index (κ1) is 23.4. The lowest BCUT2D eigenvalue weighted by atomic mass is 10.2. The molecule has 2 aromatic carbocycles. The summed E-state index contributed by atoms with van der Waals surface area (Å²) in [7, 11) is -2.66. The van der Waals surface area contributed by atoms with E-state index in [1.165, 1.54) is 35.0 Å². The van der Waals surface area contributed by atoms with E-state index in [0.29, 0.717) is 0 Å². The van der Waals surface area contributed by atoms with E-state index in [0.717, 1.165) is 34.6 Å². The Morgan fingerprint density at radius 3 is 2.44 bits per heavy atom. The minimum absolute atomic E-state index is 0.0366. The Hall–Kier alpha value is -3.80. The molecule has 12 heteroatoms. The van der Waals surface area contributed by atoms with Crippen molar-refractivity contribution in [3.63, 3.8) is 0 Å². The molecule has 1 aliphatic heterocycles. The van der Waals surface area contributed by atoms with Gasteiger partial charge in [0.2, 0.25) is 0 Å². The van der Waals surface area contributed by atoms with Gasteiger partial charge in [0, 0.05) is 31.1 Å². The Kier molecular flexibility index (Phi) is 5.86. The molecule has 34 heavy (non-hydrogen) atoms. The van der Waals surface area contributed by atoms with E-state index in [1.807, 2.05) is 0 Å². The number of halogens is 3. The number of fused-ring (bicyclic) bond motifs is 1. The lowest BCUT2D eigenvalue weighted by molar-refractivity contribution is -0.137. The van der Waals surface area contributed by atoms with Gasteiger partial charge in [0.05, 0.1) is 17.8 Å². The molecule has 0 radical (unpaired) electrons. The molecule has 0 aliphatic carbocycles. The van der Waals surface area contributed by atoms with Gasteiger partial charge in [-0.2, -0.15) is 13.2 Å². The van der Waals surface area contributed by atoms with Crippen molar-refractivity contribution in [3.05, 3.63) is 82.3 Å². The van der Waals surface area contributed by atoms with Gasteiger partial charge in [0.15, 0.2) is 5.43 Å². The topological polar surface area (TPSA) is 97.7 Å². The van der Waals surface area contributed by atoms with Crippen LogP contribution in [0.25, 0.3) is 0 Å². The summed E-state index contributed by atoms with van der Waals surface area (Å²) in [5.41, 5.74) is -1.04. The van der Waals surface area contributed by atoms with Crippen molar-refractivity contribution in [1.29, 1.82) is 0 Å². The standard InChI is InChI=1S/C22H18F3N3O5S/c1-27-9-8-17(29)13-18(27)21(30)26-15-4-7-19-20(12-15)34(31,32)28(10-11-33-19)16-5-2-14(3-6-16)22(23,24)25/h2-9,12-13H,10-11H2,1H3,(H,26,30). The molecule has 1 aromatic heterocycles. The van der Waals surface area contributed by atoms with Gasteiger partial charge >= 0.3 is 6.18 Å². The van der Waals surface area contributed by atoms with Crippen molar-refractivity contribution in [2.24, 2.45) is 7.05 Å². The predicted octanol–water partition coefficient (Wildman–Crippen LogP) is 3.24. The number of aromatic nitrogens is 1. The molecule has 3 aromatic rings. The normalized spacial score (nSPS) is 15.1. The van der Waals surface area contributed by atoms with E-state index >= 15 is 0 Å². The molecule has 0 bridgehead atoms. The number of carbonyl (C=O) groups is 1. The Bertz CT molecular complexity index is 1420. The number of nitrogens with one attached hydrogen (secondary N) is 1. The molecule has 0 spiro atoms. The highest BCUT2D eigenvalue weighted by atomic mass is 32.2. The summed E-state index contributed by atoms with van der Waals surface area (Å²) in [5.74, 6) is -0.591. The molecule has 1 N–H and O–H groups in total. The molecule has 8 nitrogen and oxygen atoms in total. The molecule has 0 unspecified atom stereocenters. The van der Waals surface area contributed by atoms with Crippen LogP contribution in [0.2, 0.25) is 0 Å². The third kappa shape index (κ3) is 4.49. The number of sulfonamides is 1. The van der Waals surface area contributed by atoms with Gasteiger partial charge in [0.1, 0.15) is 22.9 Å². The van der Waals surface area contributed by atoms with Gasteiger partial charge in [-0.15, -0.1) is 0 Å². The first-order valence-electron chi connectivity index (χ1n) is 9.92. The summed E-state index contributed by atoms with van der Waals surface area (Å²) in [6.45, 7) is -0.165. The van der Waals surface area contributed by atoms with Gasteiger partial charge < -0.3 is 14.6 Å². The molecular weight excluding hydrogens is 475 g/mol. The Balaban J connectivity index is 1.68. The summed E-state index contributed by atoms with van der Waals surface area (Å²) in [4.78, 5) is 24.0. The third-order valence-electron chi connectivity index (χ3n) is 5.16. The molecular formula is C22H18F3N3O5S. The fourth-order valence-corrected chi connectivity index (χ4v) is 5.05. The predicted molar refractivity (Wildman–Crippen MR) is 118 cm³/mol. The number of benzene rings is 2. The Morgan fingerprint density at radius 1 is 1.06 bits per heavy atom. The van der Waals surface area contributed by atoms with Crippen LogP contribution in [0.3, 0.4) is 0 Å². The quantitative estimate of drug-likeness (QED) is 0.604. The van der Waals surface area contributed by atoms with Gasteiger partial charge in [0.25, 0.3) is 15.9 Å². The maximum absolute atomic E-state index is 13.4. The number of anilines is 2. The van der Waals surface area contributed by atoms with Gasteiger partial charge in [-0.1, -0.05) is 0 Å². The van der Waals surface area contributed by atoms with E-state index in [1.54, 1.807) is 7.05 Å². The fourth-order valence-electron chi connectivity index (χ4n) is 3.44. The lowest BCUT2D eigenvalue weighted by Crippen LogP contribution is -2.32. The van der Waals surface area contributed by atoms with Crippen LogP contribution in [0.5, 0.6) is 5.75 Å². The number of pyridine rings is 1. The Labute approximate surface area is 192 Å².